The van der Waals surface area contributed by atoms with Crippen molar-refractivity contribution < 1.29 is 0 Å². The number of nitrogens with zero attached hydrogens (tertiary/aromatic N) is 2. The molecule has 11 rings (SSSR count). The molecule has 0 amide bonds. The Morgan fingerprint density at radius 1 is 0.290 bits per heavy atom. The summed E-state index contributed by atoms with van der Waals surface area (Å²) in [5.74, 6) is 3.84. The van der Waals surface area contributed by atoms with Gasteiger partial charge in [0, 0.05) is 24.3 Å². The van der Waals surface area contributed by atoms with Gasteiger partial charge in [-0.2, -0.15) is 0 Å². The molecule has 0 radical (unpaired) electrons. The fourth-order valence-electron chi connectivity index (χ4n) is 9.11. The van der Waals surface area contributed by atoms with Gasteiger partial charge >= 0.3 is 0 Å². The molecule has 2 aromatic heterocycles. The fourth-order valence-corrected chi connectivity index (χ4v) is 9.11. The molecule has 4 unspecified atom stereocenters. The number of hydrogen-bond donors (Lipinski definition) is 0. The predicted octanol–water partition coefficient (Wildman–Crippen LogP) is 37.8. The molecule has 2 aliphatic carbocycles. The maximum atomic E-state index is 4.08. The minimum atomic E-state index is 0. The van der Waals surface area contributed by atoms with Crippen LogP contribution in [0.3, 0.4) is 0 Å². The second-order valence-electron chi connectivity index (χ2n) is 23.8. The molecule has 2 heterocycles. The van der Waals surface area contributed by atoms with E-state index in [1.165, 1.54) is 158 Å². The molecule has 4 atom stereocenters. The van der Waals surface area contributed by atoms with Crippen molar-refractivity contribution in [2.75, 3.05) is 0 Å². The number of pyridine rings is 2. The van der Waals surface area contributed by atoms with E-state index in [9.17, 15) is 0 Å². The number of allylic oxidation sites excluding steroid dienone is 2. The summed E-state index contributed by atoms with van der Waals surface area (Å²) < 4.78 is 0. The smallest absolute Gasteiger partial charge is 0.0401 e. The Morgan fingerprint density at radius 3 is 0.907 bits per heavy atom. The van der Waals surface area contributed by atoms with E-state index in [4.69, 9.17) is 0 Å². The molecule has 2 aliphatic rings. The Balaban J connectivity index is -0.0000000735. The summed E-state index contributed by atoms with van der Waals surface area (Å²) in [6, 6.07) is 53.0. The lowest BCUT2D eigenvalue weighted by molar-refractivity contribution is 0.277. The predicted molar refractivity (Wildman–Crippen MR) is 516 cm³/mol. The van der Waals surface area contributed by atoms with Crippen LogP contribution in [-0.2, 0) is 0 Å². The molecule has 7 aromatic carbocycles. The van der Waals surface area contributed by atoms with Crippen LogP contribution in [0.4, 0.5) is 0 Å². The summed E-state index contributed by atoms with van der Waals surface area (Å²) in [6.07, 6.45) is 23.8. The van der Waals surface area contributed by atoms with Gasteiger partial charge in [-0.3, -0.25) is 9.97 Å². The third-order valence-corrected chi connectivity index (χ3v) is 16.8. The van der Waals surface area contributed by atoms with Gasteiger partial charge in [0.25, 0.3) is 0 Å². The highest BCUT2D eigenvalue weighted by atomic mass is 14.7. The zero-order chi connectivity index (χ0) is 78.4. The van der Waals surface area contributed by atoms with Crippen molar-refractivity contribution in [1.82, 2.24) is 9.97 Å². The van der Waals surface area contributed by atoms with E-state index < -0.39 is 0 Å². The summed E-state index contributed by atoms with van der Waals surface area (Å²) in [7, 11) is 0. The lowest BCUT2D eigenvalue weighted by atomic mass is 9.82. The largest absolute Gasteiger partial charge is 0.264 e. The van der Waals surface area contributed by atoms with Gasteiger partial charge in [-0.05, 0) is 225 Å². The molecule has 1 saturated carbocycles. The van der Waals surface area contributed by atoms with Crippen LogP contribution in [0, 0.1) is 107 Å². The molecule has 9 aromatic rings. The zero-order valence-electron chi connectivity index (χ0n) is 72.6. The monoisotopic (exact) mass is 1480 g/mol. The first-order valence-corrected chi connectivity index (χ1v) is 40.0. The first kappa shape index (κ1) is 133. The SMILES string of the molecule is C.C.C.C.C.C.C.CC.CC.CC.CC.CC.CC.CC.CC.CC1CC=CCC1C.CC1CCCCC1C.CCCC.CCCC.Cc1cc2ccccc2cc1C.Cc1ccc2ccccc2c1C.Cc1cccc2cccc(C)c12.Cc1ccccc1C.Cc1cccnc1C.Cc1ccncc1C. The minimum absolute atomic E-state index is 0. The van der Waals surface area contributed by atoms with Gasteiger partial charge in [0.05, 0.1) is 0 Å². The summed E-state index contributed by atoms with van der Waals surface area (Å²) in [4.78, 5) is 8.02. The molecule has 0 spiro atoms. The summed E-state index contributed by atoms with van der Waals surface area (Å²) in [6.45, 7) is 75.5. The van der Waals surface area contributed by atoms with E-state index in [0.29, 0.717) is 0 Å². The van der Waals surface area contributed by atoms with Crippen molar-refractivity contribution in [3.05, 3.63) is 249 Å². The Labute approximate surface area is 676 Å². The maximum Gasteiger partial charge on any atom is 0.0401 e. The zero-order valence-corrected chi connectivity index (χ0v) is 72.6. The minimum Gasteiger partial charge on any atom is -0.264 e. The van der Waals surface area contributed by atoms with E-state index in [1.54, 1.807) is 0 Å². The van der Waals surface area contributed by atoms with Crippen molar-refractivity contribution in [3.63, 3.8) is 0 Å². The van der Waals surface area contributed by atoms with Crippen LogP contribution in [0.15, 0.2) is 182 Å². The average molecular weight is 1480 g/mol. The highest BCUT2D eigenvalue weighted by Crippen LogP contribution is 2.29. The second kappa shape index (κ2) is 93.6. The van der Waals surface area contributed by atoms with E-state index in [1.807, 2.05) is 148 Å². The van der Waals surface area contributed by atoms with Gasteiger partial charge < -0.3 is 0 Å². The van der Waals surface area contributed by atoms with E-state index in [-0.39, 0.29) is 52.0 Å². The van der Waals surface area contributed by atoms with Crippen molar-refractivity contribution in [2.24, 2.45) is 23.7 Å². The molecule has 0 N–H and O–H groups in total. The first-order chi connectivity index (χ1) is 48.2. The molecule has 1 fully saturated rings. The molecule has 620 valence electrons. The van der Waals surface area contributed by atoms with Crippen LogP contribution in [0.2, 0.25) is 0 Å². The van der Waals surface area contributed by atoms with Crippen LogP contribution in [0.5, 0.6) is 0 Å². The van der Waals surface area contributed by atoms with Gasteiger partial charge in [0.2, 0.25) is 0 Å². The van der Waals surface area contributed by atoms with Crippen molar-refractivity contribution >= 4 is 32.3 Å². The number of aromatic nitrogens is 2. The fraction of sp³-hybridized carbons (Fsp3) is 0.543. The number of aryl methyl sites for hydroxylation is 12. The van der Waals surface area contributed by atoms with E-state index in [0.717, 1.165) is 29.4 Å². The van der Waals surface area contributed by atoms with E-state index >= 15 is 0 Å². The van der Waals surface area contributed by atoms with Crippen LogP contribution in [0.1, 0.15) is 349 Å². The van der Waals surface area contributed by atoms with Gasteiger partial charge in [-0.25, -0.2) is 0 Å². The Morgan fingerprint density at radius 2 is 0.617 bits per heavy atom. The molecule has 0 aliphatic heterocycles. The molecule has 2 heteroatoms. The molecule has 0 bridgehead atoms. The maximum absolute atomic E-state index is 4.08. The molecule has 2 nitrogen and oxygen atoms in total. The highest BCUT2D eigenvalue weighted by Gasteiger charge is 2.15. The van der Waals surface area contributed by atoms with Crippen molar-refractivity contribution in [1.29, 1.82) is 0 Å². The standard InChI is InChI=1S/3C12H12.C8H16.C8H14.C8H10.2C7H9N.2C4H10.8C2H6.7CH4/c1-9-5-3-7-11-8-4-6-10(2)12(9)11;1-9-7-11-5-3-4-6-12(11)8-10(9)2;1-9-7-8-11-5-3-4-6-12(11)10(9)2;3*1-7-5-3-4-6-8(7)2;1-6-3-4-8-5-7(6)2;1-6-4-3-5-8-7(6)2;2*1-3-4-2;8*1-2;;;;;;;/h3*3-8H,1-2H3;7-8H,3-6H2,1-2H3;3-4,7-8H,5-6H2,1-2H3;3-6H,1-2H3;2*3-5H,1-2H3;2*3-4H2,1-2H3;8*1-2H3;7*1H4. The molecule has 107 heavy (non-hydrogen) atoms. The lowest BCUT2D eigenvalue weighted by Crippen LogP contribution is -2.12. The van der Waals surface area contributed by atoms with Crippen molar-refractivity contribution in [2.45, 2.75) is 365 Å². The van der Waals surface area contributed by atoms with Crippen LogP contribution >= 0.6 is 0 Å². The van der Waals surface area contributed by atoms with E-state index in [2.05, 4.69) is 293 Å². The van der Waals surface area contributed by atoms with Gasteiger partial charge in [-0.1, -0.05) is 421 Å². The Kier molecular flexibility index (Phi) is 116. The topological polar surface area (TPSA) is 25.8 Å². The van der Waals surface area contributed by atoms with Crippen molar-refractivity contribution in [3.8, 4) is 0 Å². The molecular formula is C105H190N2. The normalized spacial score (nSPS) is 12.4. The first-order valence-electron chi connectivity index (χ1n) is 40.0. The highest BCUT2D eigenvalue weighted by molar-refractivity contribution is 5.88. The number of rotatable bonds is 2. The number of unbranched alkanes of at least 4 members (excludes halogenated alkanes) is 2. The van der Waals surface area contributed by atoms with Gasteiger partial charge in [0.15, 0.2) is 0 Å². The summed E-state index contributed by atoms with van der Waals surface area (Å²) in [5, 5.41) is 8.12. The number of fused-ring (bicyclic) bond motifs is 3. The van der Waals surface area contributed by atoms with Crippen LogP contribution < -0.4 is 0 Å². The number of hydrogen-bond acceptors (Lipinski definition) is 2. The molecular weight excluding hydrogens is 1290 g/mol. The Bertz CT molecular complexity index is 2950. The van der Waals surface area contributed by atoms with Crippen LogP contribution in [0.25, 0.3) is 32.3 Å². The number of benzene rings is 7. The summed E-state index contributed by atoms with van der Waals surface area (Å²) >= 11 is 0. The van der Waals surface area contributed by atoms with Gasteiger partial charge in [-0.15, -0.1) is 0 Å². The van der Waals surface area contributed by atoms with Gasteiger partial charge in [0.1, 0.15) is 0 Å². The molecule has 0 saturated heterocycles. The summed E-state index contributed by atoms with van der Waals surface area (Å²) in [5.41, 5.74) is 15.9. The lowest BCUT2D eigenvalue weighted by Gasteiger charge is -2.24. The third-order valence-electron chi connectivity index (χ3n) is 16.8. The average Bonchev–Trinajstić information content (AvgIpc) is 0.839. The Hall–Kier alpha value is -6.64. The second-order valence-corrected chi connectivity index (χ2v) is 23.8. The third kappa shape index (κ3) is 63.9. The van der Waals surface area contributed by atoms with Crippen LogP contribution in [-0.4, -0.2) is 9.97 Å². The quantitative estimate of drug-likeness (QED) is 0.161.